The molecule has 0 saturated carbocycles. The van der Waals surface area contributed by atoms with E-state index in [2.05, 4.69) is 74.3 Å². The van der Waals surface area contributed by atoms with Gasteiger partial charge in [0.25, 0.3) is 5.91 Å². The molecule has 1 fully saturated rings. The van der Waals surface area contributed by atoms with Crippen LogP contribution >= 0.6 is 0 Å². The highest BCUT2D eigenvalue weighted by atomic mass is 28.3. The van der Waals surface area contributed by atoms with Crippen LogP contribution in [0, 0.1) is 11.8 Å². The summed E-state index contributed by atoms with van der Waals surface area (Å²) in [6.45, 7) is 16.9. The Morgan fingerprint density at radius 1 is 0.833 bits per heavy atom. The Bertz CT molecular complexity index is 1610. The highest BCUT2D eigenvalue weighted by molar-refractivity contribution is 6.76. The minimum atomic E-state index is -1.22. The average molecular weight is 686 g/mol. The zero-order valence-corrected chi connectivity index (χ0v) is 31.3. The summed E-state index contributed by atoms with van der Waals surface area (Å²) in [4.78, 5) is 31.0. The molecule has 2 aliphatic rings. The van der Waals surface area contributed by atoms with Crippen LogP contribution in [0.3, 0.4) is 0 Å². The molecular weight excluding hydrogens is 635 g/mol. The molecular formula is C37H51N5O4Si2. The number of carbonyl (C=O) groups excluding carboxylic acids is 1. The minimum absolute atomic E-state index is 0.0188. The molecule has 256 valence electrons. The maximum Gasteiger partial charge on any atom is 0.250 e. The fourth-order valence-electron chi connectivity index (χ4n) is 6.72. The topological polar surface area (TPSA) is 83.6 Å². The number of nitrogens with zero attached hydrogens (tertiary/aromatic N) is 5. The summed E-state index contributed by atoms with van der Waals surface area (Å²) in [6, 6.07) is 22.1. The predicted octanol–water partition coefficient (Wildman–Crippen LogP) is 7.19. The highest BCUT2D eigenvalue weighted by Gasteiger charge is 2.50. The number of hydroxylamine groups is 2. The van der Waals surface area contributed by atoms with Crippen LogP contribution in [0.15, 0.2) is 79.5 Å². The normalized spacial score (nSPS) is 19.9. The van der Waals surface area contributed by atoms with Crippen molar-refractivity contribution in [2.75, 3.05) is 19.8 Å². The van der Waals surface area contributed by atoms with E-state index >= 15 is 0 Å². The van der Waals surface area contributed by atoms with E-state index in [-0.39, 0.29) is 29.7 Å². The number of amides is 1. The van der Waals surface area contributed by atoms with E-state index in [4.69, 9.17) is 24.3 Å². The smallest absolute Gasteiger partial charge is 0.250 e. The molecule has 0 radical (unpaired) electrons. The van der Waals surface area contributed by atoms with Gasteiger partial charge in [0.2, 0.25) is 0 Å². The van der Waals surface area contributed by atoms with Crippen molar-refractivity contribution in [1.82, 2.24) is 24.2 Å². The van der Waals surface area contributed by atoms with Crippen LogP contribution in [0.2, 0.25) is 51.4 Å². The Morgan fingerprint density at radius 2 is 1.44 bits per heavy atom. The third-order valence-electron chi connectivity index (χ3n) is 9.45. The quantitative estimate of drug-likeness (QED) is 0.103. The van der Waals surface area contributed by atoms with E-state index in [0.717, 1.165) is 53.5 Å². The van der Waals surface area contributed by atoms with Crippen molar-refractivity contribution in [3.63, 3.8) is 0 Å². The SMILES string of the molecule is C[Si](C)(C)CCOCn1cnc([C@@H]2c3c(ncn3COCC[Si](C)(C)C)C[C@@H]3C(=O)N(C(c4ccccc4)c4ccccc4)OC[C@@H]23)c1. The third kappa shape index (κ3) is 8.08. The first-order valence-corrected chi connectivity index (χ1v) is 24.7. The molecule has 1 aliphatic heterocycles. The molecule has 1 amide bonds. The van der Waals surface area contributed by atoms with Crippen LogP contribution in [0.1, 0.15) is 40.2 Å². The molecule has 2 aromatic carbocycles. The van der Waals surface area contributed by atoms with Crippen LogP contribution in [0.4, 0.5) is 0 Å². The number of ether oxygens (including phenoxy) is 2. The summed E-state index contributed by atoms with van der Waals surface area (Å²) in [5, 5.41) is 1.62. The molecule has 1 saturated heterocycles. The predicted molar refractivity (Wildman–Crippen MR) is 193 cm³/mol. The summed E-state index contributed by atoms with van der Waals surface area (Å²) in [6.07, 6.45) is 6.34. The van der Waals surface area contributed by atoms with Gasteiger partial charge in [-0.1, -0.05) is 99.9 Å². The van der Waals surface area contributed by atoms with Gasteiger partial charge in [-0.05, 0) is 23.2 Å². The molecule has 4 aromatic rings. The van der Waals surface area contributed by atoms with Crippen LogP contribution in [-0.2, 0) is 39.0 Å². The fraction of sp³-hybridized carbons (Fsp3) is 0.486. The Morgan fingerprint density at radius 3 is 2.04 bits per heavy atom. The number of hydrogen-bond acceptors (Lipinski definition) is 6. The molecule has 0 unspecified atom stereocenters. The standard InChI is InChI=1S/C37H51N5O4Si2/c1-47(2,3)19-17-44-26-40-22-33(38-24-40)34-31-23-46-42(35(28-13-9-7-10-14-28)29-15-11-8-12-16-29)37(43)30(31)21-32-36(34)41(25-39-32)27-45-18-20-48(4,5)6/h7-16,22,24-25,30-31,34-35H,17-21,23,26-27H2,1-6H3/t30-,31+,34+/m0/s1. The van der Waals surface area contributed by atoms with Crippen LogP contribution in [0.5, 0.6) is 0 Å². The summed E-state index contributed by atoms with van der Waals surface area (Å²) < 4.78 is 16.4. The van der Waals surface area contributed by atoms with E-state index in [1.807, 2.05) is 53.6 Å². The van der Waals surface area contributed by atoms with Gasteiger partial charge in [-0.3, -0.25) is 9.63 Å². The van der Waals surface area contributed by atoms with Crippen molar-refractivity contribution < 1.29 is 19.1 Å². The first-order valence-electron chi connectivity index (χ1n) is 17.3. The molecule has 48 heavy (non-hydrogen) atoms. The van der Waals surface area contributed by atoms with E-state index in [0.29, 0.717) is 26.5 Å². The molecule has 0 bridgehead atoms. The molecule has 3 atom stereocenters. The van der Waals surface area contributed by atoms with Gasteiger partial charge in [-0.25, -0.2) is 15.0 Å². The fourth-order valence-corrected chi connectivity index (χ4v) is 8.23. The lowest BCUT2D eigenvalue weighted by Crippen LogP contribution is -2.52. The first kappa shape index (κ1) is 34.5. The van der Waals surface area contributed by atoms with E-state index in [1.165, 1.54) is 0 Å². The van der Waals surface area contributed by atoms with E-state index in [1.54, 1.807) is 5.06 Å². The maximum absolute atomic E-state index is 14.6. The van der Waals surface area contributed by atoms with Crippen molar-refractivity contribution in [1.29, 1.82) is 0 Å². The highest BCUT2D eigenvalue weighted by Crippen LogP contribution is 2.47. The van der Waals surface area contributed by atoms with Gasteiger partial charge in [0.15, 0.2) is 0 Å². The molecule has 3 heterocycles. The van der Waals surface area contributed by atoms with Crippen molar-refractivity contribution in [3.05, 3.63) is 108 Å². The van der Waals surface area contributed by atoms with E-state index < -0.39 is 16.1 Å². The second-order valence-corrected chi connectivity index (χ2v) is 26.9. The number of hydrogen-bond donors (Lipinski definition) is 0. The molecule has 9 nitrogen and oxygen atoms in total. The number of fused-ring (bicyclic) bond motifs is 2. The lowest BCUT2D eigenvalue weighted by atomic mass is 9.70. The zero-order valence-electron chi connectivity index (χ0n) is 29.3. The summed E-state index contributed by atoms with van der Waals surface area (Å²) >= 11 is 0. The van der Waals surface area contributed by atoms with E-state index in [9.17, 15) is 4.79 Å². The summed E-state index contributed by atoms with van der Waals surface area (Å²) in [5.74, 6) is -0.611. The zero-order chi connectivity index (χ0) is 33.9. The van der Waals surface area contributed by atoms with Crippen molar-refractivity contribution >= 4 is 22.1 Å². The molecule has 2 aromatic heterocycles. The molecule has 6 rings (SSSR count). The van der Waals surface area contributed by atoms with Crippen molar-refractivity contribution in [2.45, 2.75) is 83.2 Å². The van der Waals surface area contributed by atoms with Crippen molar-refractivity contribution in [3.8, 4) is 0 Å². The lowest BCUT2D eigenvalue weighted by Gasteiger charge is -2.45. The molecule has 1 aliphatic carbocycles. The Kier molecular flexibility index (Phi) is 10.5. The number of imidazole rings is 2. The minimum Gasteiger partial charge on any atom is -0.361 e. The first-order chi connectivity index (χ1) is 23.0. The maximum atomic E-state index is 14.6. The van der Waals surface area contributed by atoms with Gasteiger partial charge in [0.05, 0.1) is 48.2 Å². The number of rotatable bonds is 14. The lowest BCUT2D eigenvalue weighted by molar-refractivity contribution is -0.230. The number of carbonyl (C=O) groups is 1. The van der Waals surface area contributed by atoms with Gasteiger partial charge in [0.1, 0.15) is 19.5 Å². The second-order valence-electron chi connectivity index (χ2n) is 15.7. The van der Waals surface area contributed by atoms with Crippen LogP contribution in [0.25, 0.3) is 0 Å². The average Bonchev–Trinajstić information content (AvgIpc) is 3.69. The molecule has 11 heteroatoms. The second kappa shape index (κ2) is 14.6. The van der Waals surface area contributed by atoms with Gasteiger partial charge >= 0.3 is 0 Å². The van der Waals surface area contributed by atoms with Crippen LogP contribution < -0.4 is 0 Å². The Labute approximate surface area is 287 Å². The van der Waals surface area contributed by atoms with Gasteiger partial charge in [-0.15, -0.1) is 0 Å². The largest absolute Gasteiger partial charge is 0.361 e. The monoisotopic (exact) mass is 685 g/mol. The number of aromatic nitrogens is 4. The van der Waals surface area contributed by atoms with Crippen molar-refractivity contribution in [2.24, 2.45) is 11.8 Å². The third-order valence-corrected chi connectivity index (χ3v) is 12.9. The summed E-state index contributed by atoms with van der Waals surface area (Å²) in [7, 11) is -2.41. The van der Waals surface area contributed by atoms with Gasteiger partial charge < -0.3 is 18.6 Å². The molecule has 0 spiro atoms. The van der Waals surface area contributed by atoms with Gasteiger partial charge in [0, 0.05) is 47.9 Å². The number of benzene rings is 2. The Hall–Kier alpha value is -3.36. The van der Waals surface area contributed by atoms with Crippen LogP contribution in [-0.4, -0.2) is 66.0 Å². The van der Waals surface area contributed by atoms with Gasteiger partial charge in [-0.2, -0.15) is 0 Å². The Balaban J connectivity index is 1.30. The molecule has 0 N–H and O–H groups in total. The summed E-state index contributed by atoms with van der Waals surface area (Å²) in [5.41, 5.74) is 4.92.